The Labute approximate surface area is 190 Å². The van der Waals surface area contributed by atoms with E-state index in [1.54, 1.807) is 19.2 Å². The van der Waals surface area contributed by atoms with E-state index in [4.69, 9.17) is 0 Å². The summed E-state index contributed by atoms with van der Waals surface area (Å²) in [5.41, 5.74) is 3.58. The first kappa shape index (κ1) is 23.6. The second-order valence-corrected chi connectivity index (χ2v) is 7.30. The average Bonchev–Trinajstić information content (AvgIpc) is 2.72. The van der Waals surface area contributed by atoms with Gasteiger partial charge in [-0.2, -0.15) is 0 Å². The molecular weight excluding hydrogens is 480 g/mol. The molecule has 7 heteroatoms. The highest BCUT2D eigenvalue weighted by atomic mass is 127. The van der Waals surface area contributed by atoms with Gasteiger partial charge >= 0.3 is 0 Å². The van der Waals surface area contributed by atoms with Crippen molar-refractivity contribution in [3.05, 3.63) is 71.0 Å². The normalized spacial score (nSPS) is 15.6. The van der Waals surface area contributed by atoms with Crippen LogP contribution in [-0.4, -0.2) is 56.0 Å². The van der Waals surface area contributed by atoms with Crippen molar-refractivity contribution >= 4 is 29.9 Å². The first-order valence-corrected chi connectivity index (χ1v) is 9.80. The van der Waals surface area contributed by atoms with Crippen LogP contribution in [-0.2, 0) is 19.6 Å². The Morgan fingerprint density at radius 1 is 0.862 bits per heavy atom. The zero-order valence-electron chi connectivity index (χ0n) is 17.2. The highest BCUT2D eigenvalue weighted by Crippen LogP contribution is 2.10. The van der Waals surface area contributed by atoms with Crippen molar-refractivity contribution in [1.82, 2.24) is 20.4 Å². The lowest BCUT2D eigenvalue weighted by molar-refractivity contribution is 0.148. The number of nitrogens with one attached hydrogen (secondary N) is 2. The number of likely N-dealkylation sites (N-methyl/N-ethyl adjacent to an activating group) is 1. The number of nitrogens with zero attached hydrogens (tertiary/aromatic N) is 3. The van der Waals surface area contributed by atoms with E-state index in [9.17, 15) is 4.39 Å². The third-order valence-electron chi connectivity index (χ3n) is 5.08. The molecule has 2 aromatic carbocycles. The summed E-state index contributed by atoms with van der Waals surface area (Å²) >= 11 is 0. The van der Waals surface area contributed by atoms with Gasteiger partial charge in [-0.3, -0.25) is 9.89 Å². The van der Waals surface area contributed by atoms with E-state index in [0.717, 1.165) is 44.2 Å². The molecule has 0 unspecified atom stereocenters. The number of guanidine groups is 1. The lowest BCUT2D eigenvalue weighted by Crippen LogP contribution is -2.43. The van der Waals surface area contributed by atoms with Gasteiger partial charge in [0, 0.05) is 52.9 Å². The van der Waals surface area contributed by atoms with Crippen molar-refractivity contribution in [3.8, 4) is 0 Å². The van der Waals surface area contributed by atoms with Gasteiger partial charge in [0.15, 0.2) is 5.96 Å². The number of rotatable bonds is 6. The predicted octanol–water partition coefficient (Wildman–Crippen LogP) is 3.06. The highest BCUT2D eigenvalue weighted by molar-refractivity contribution is 14.0. The van der Waals surface area contributed by atoms with Crippen molar-refractivity contribution in [3.63, 3.8) is 0 Å². The van der Waals surface area contributed by atoms with Crippen LogP contribution in [0.3, 0.4) is 0 Å². The minimum Gasteiger partial charge on any atom is -0.352 e. The fourth-order valence-corrected chi connectivity index (χ4v) is 3.22. The van der Waals surface area contributed by atoms with Crippen LogP contribution in [0.1, 0.15) is 16.7 Å². The van der Waals surface area contributed by atoms with Gasteiger partial charge in [-0.1, -0.05) is 36.4 Å². The molecule has 1 heterocycles. The Morgan fingerprint density at radius 3 is 1.86 bits per heavy atom. The summed E-state index contributed by atoms with van der Waals surface area (Å²) in [4.78, 5) is 9.13. The zero-order valence-corrected chi connectivity index (χ0v) is 19.5. The second kappa shape index (κ2) is 12.1. The van der Waals surface area contributed by atoms with E-state index in [1.165, 1.54) is 23.3 Å². The maximum atomic E-state index is 13.0. The van der Waals surface area contributed by atoms with Gasteiger partial charge in [0.1, 0.15) is 5.82 Å². The van der Waals surface area contributed by atoms with Crippen molar-refractivity contribution in [2.45, 2.75) is 19.6 Å². The molecule has 0 atom stereocenters. The van der Waals surface area contributed by atoms with Crippen LogP contribution < -0.4 is 10.6 Å². The summed E-state index contributed by atoms with van der Waals surface area (Å²) in [5.74, 6) is 0.508. The molecule has 0 bridgehead atoms. The highest BCUT2D eigenvalue weighted by Gasteiger charge is 2.13. The molecule has 1 aliphatic rings. The van der Waals surface area contributed by atoms with Crippen LogP contribution in [0.15, 0.2) is 53.5 Å². The number of hydrogen-bond donors (Lipinski definition) is 2. The molecule has 3 rings (SSSR count). The van der Waals surface area contributed by atoms with E-state index >= 15 is 0 Å². The van der Waals surface area contributed by atoms with Gasteiger partial charge in [-0.05, 0) is 35.9 Å². The molecule has 158 valence electrons. The Kier molecular flexibility index (Phi) is 9.83. The molecular formula is C22H31FIN5. The number of benzene rings is 2. The van der Waals surface area contributed by atoms with Gasteiger partial charge in [0.25, 0.3) is 0 Å². The Hall–Kier alpha value is -1.71. The van der Waals surface area contributed by atoms with E-state index < -0.39 is 0 Å². The summed E-state index contributed by atoms with van der Waals surface area (Å²) in [5, 5.41) is 6.57. The molecule has 0 spiro atoms. The van der Waals surface area contributed by atoms with E-state index in [0.29, 0.717) is 13.1 Å². The number of piperazine rings is 1. The number of aliphatic imine (C=N–C) groups is 1. The topological polar surface area (TPSA) is 42.9 Å². The van der Waals surface area contributed by atoms with Crippen molar-refractivity contribution in [1.29, 1.82) is 0 Å². The van der Waals surface area contributed by atoms with Gasteiger partial charge in [-0.15, -0.1) is 24.0 Å². The number of hydrogen-bond acceptors (Lipinski definition) is 3. The van der Waals surface area contributed by atoms with Crippen LogP contribution >= 0.6 is 24.0 Å². The minimum atomic E-state index is -0.220. The predicted molar refractivity (Wildman–Crippen MR) is 128 cm³/mol. The quantitative estimate of drug-likeness (QED) is 0.356. The minimum absolute atomic E-state index is 0. The molecule has 0 amide bonds. The summed E-state index contributed by atoms with van der Waals surface area (Å²) in [6, 6.07) is 15.3. The summed E-state index contributed by atoms with van der Waals surface area (Å²) < 4.78 is 13.0. The molecule has 1 saturated heterocycles. The molecule has 5 nitrogen and oxygen atoms in total. The van der Waals surface area contributed by atoms with E-state index in [2.05, 4.69) is 56.7 Å². The molecule has 29 heavy (non-hydrogen) atoms. The van der Waals surface area contributed by atoms with Gasteiger partial charge in [0.2, 0.25) is 0 Å². The van der Waals surface area contributed by atoms with Gasteiger partial charge in [0.05, 0.1) is 0 Å². The smallest absolute Gasteiger partial charge is 0.191 e. The van der Waals surface area contributed by atoms with Crippen LogP contribution in [0.2, 0.25) is 0 Å². The van der Waals surface area contributed by atoms with Crippen molar-refractivity contribution in [2.24, 2.45) is 4.99 Å². The molecule has 0 saturated carbocycles. The molecule has 2 aromatic rings. The lowest BCUT2D eigenvalue weighted by Gasteiger charge is -2.32. The molecule has 0 aromatic heterocycles. The van der Waals surface area contributed by atoms with Crippen molar-refractivity contribution < 1.29 is 4.39 Å². The van der Waals surface area contributed by atoms with E-state index in [1.807, 2.05) is 0 Å². The maximum Gasteiger partial charge on any atom is 0.191 e. The third-order valence-corrected chi connectivity index (χ3v) is 5.08. The molecule has 0 aliphatic carbocycles. The van der Waals surface area contributed by atoms with Crippen LogP contribution in [0.5, 0.6) is 0 Å². The van der Waals surface area contributed by atoms with Crippen molar-refractivity contribution in [2.75, 3.05) is 40.3 Å². The second-order valence-electron chi connectivity index (χ2n) is 7.30. The summed E-state index contributed by atoms with van der Waals surface area (Å²) in [6.07, 6.45) is 0. The molecule has 2 N–H and O–H groups in total. The van der Waals surface area contributed by atoms with Crippen LogP contribution in [0.25, 0.3) is 0 Å². The lowest BCUT2D eigenvalue weighted by atomic mass is 10.1. The third kappa shape index (κ3) is 7.91. The molecule has 1 aliphatic heterocycles. The Bertz CT molecular complexity index is 756. The van der Waals surface area contributed by atoms with Crippen LogP contribution in [0, 0.1) is 5.82 Å². The van der Waals surface area contributed by atoms with Crippen LogP contribution in [0.4, 0.5) is 4.39 Å². The fourth-order valence-electron chi connectivity index (χ4n) is 3.22. The molecule has 1 fully saturated rings. The Balaban J connectivity index is 0.00000300. The van der Waals surface area contributed by atoms with E-state index in [-0.39, 0.29) is 29.8 Å². The standard InChI is InChI=1S/C22H30FN5.HI/c1-24-22(26-16-19-7-9-21(23)10-8-19)25-15-18-3-5-20(6-4-18)17-28-13-11-27(2)12-14-28;/h3-10H,11-17H2,1-2H3,(H2,24,25,26);1H. The average molecular weight is 511 g/mol. The summed E-state index contributed by atoms with van der Waals surface area (Å²) in [7, 11) is 3.93. The zero-order chi connectivity index (χ0) is 19.8. The Morgan fingerprint density at radius 2 is 1.34 bits per heavy atom. The summed E-state index contributed by atoms with van der Waals surface area (Å²) in [6.45, 7) is 6.88. The van der Waals surface area contributed by atoms with Gasteiger partial charge < -0.3 is 15.5 Å². The monoisotopic (exact) mass is 511 g/mol. The SMILES string of the molecule is CN=C(NCc1ccc(F)cc1)NCc1ccc(CN2CCN(C)CC2)cc1.I. The largest absolute Gasteiger partial charge is 0.352 e. The van der Waals surface area contributed by atoms with Gasteiger partial charge in [-0.25, -0.2) is 4.39 Å². The maximum absolute atomic E-state index is 13.0. The first-order chi connectivity index (χ1) is 13.6. The number of halogens is 2. The fraction of sp³-hybridized carbons (Fsp3) is 0.409. The molecule has 0 radical (unpaired) electrons. The first-order valence-electron chi connectivity index (χ1n) is 9.80.